The molecule has 0 aliphatic rings. The number of nitrogens with zero attached hydrogens (tertiary/aromatic N) is 2. The molecule has 4 nitrogen and oxygen atoms in total. The number of benzene rings is 2. The van der Waals surface area contributed by atoms with Gasteiger partial charge in [0.2, 0.25) is 0 Å². The summed E-state index contributed by atoms with van der Waals surface area (Å²) in [5.41, 5.74) is 2.45. The highest BCUT2D eigenvalue weighted by Crippen LogP contribution is 2.21. The Morgan fingerprint density at radius 2 is 1.70 bits per heavy atom. The van der Waals surface area contributed by atoms with Crippen molar-refractivity contribution in [3.05, 3.63) is 65.5 Å². The van der Waals surface area contributed by atoms with E-state index in [1.54, 1.807) is 19.2 Å². The van der Waals surface area contributed by atoms with Crippen LogP contribution >= 0.6 is 0 Å². The van der Waals surface area contributed by atoms with Crippen LogP contribution in [-0.2, 0) is 17.9 Å². The van der Waals surface area contributed by atoms with Crippen molar-refractivity contribution in [2.24, 2.45) is 0 Å². The van der Waals surface area contributed by atoms with Gasteiger partial charge in [-0.05, 0) is 30.3 Å². The first-order valence-corrected chi connectivity index (χ1v) is 7.39. The summed E-state index contributed by atoms with van der Waals surface area (Å²) in [7, 11) is 3.57. The van der Waals surface area contributed by atoms with Crippen molar-refractivity contribution in [2.75, 3.05) is 25.5 Å². The molecule has 0 saturated carbocycles. The van der Waals surface area contributed by atoms with E-state index in [9.17, 15) is 9.18 Å². The molecular formula is C18H21FN2O2. The fourth-order valence-corrected chi connectivity index (χ4v) is 2.50. The Bertz CT molecular complexity index is 661. The van der Waals surface area contributed by atoms with Crippen LogP contribution in [0.2, 0.25) is 0 Å². The second kappa shape index (κ2) is 7.74. The summed E-state index contributed by atoms with van der Waals surface area (Å²) < 4.78 is 13.9. The summed E-state index contributed by atoms with van der Waals surface area (Å²) in [5, 5.41) is 8.84. The first-order valence-electron chi connectivity index (χ1n) is 7.39. The van der Waals surface area contributed by atoms with Gasteiger partial charge in [0.15, 0.2) is 0 Å². The molecule has 23 heavy (non-hydrogen) atoms. The van der Waals surface area contributed by atoms with Crippen molar-refractivity contribution < 1.29 is 14.3 Å². The van der Waals surface area contributed by atoms with E-state index in [0.29, 0.717) is 12.2 Å². The van der Waals surface area contributed by atoms with Crippen LogP contribution in [0.25, 0.3) is 0 Å². The smallest absolute Gasteiger partial charge is 0.323 e. The maximum absolute atomic E-state index is 13.9. The van der Waals surface area contributed by atoms with Crippen LogP contribution in [0.3, 0.4) is 0 Å². The predicted molar refractivity (Wildman–Crippen MR) is 88.9 cm³/mol. The van der Waals surface area contributed by atoms with Crippen molar-refractivity contribution in [1.82, 2.24) is 4.90 Å². The van der Waals surface area contributed by atoms with Gasteiger partial charge in [0.05, 0.1) is 5.69 Å². The molecule has 1 N–H and O–H groups in total. The number of carbonyl (C=O) groups is 1. The fraction of sp³-hybridized carbons (Fsp3) is 0.278. The van der Waals surface area contributed by atoms with E-state index >= 15 is 0 Å². The summed E-state index contributed by atoms with van der Waals surface area (Å²) in [4.78, 5) is 14.3. The Labute approximate surface area is 135 Å². The van der Waals surface area contributed by atoms with Crippen molar-refractivity contribution in [2.45, 2.75) is 13.1 Å². The number of anilines is 1. The number of rotatable bonds is 7. The molecule has 0 unspecified atom stereocenters. The SMILES string of the molecule is CN(Cc1ccccc1)Cc1ccc(F)c(N(C)CC(=O)O)c1. The molecule has 2 aromatic carbocycles. The third kappa shape index (κ3) is 5.07. The highest BCUT2D eigenvalue weighted by Gasteiger charge is 2.12. The van der Waals surface area contributed by atoms with Gasteiger partial charge in [0, 0.05) is 20.1 Å². The molecule has 0 bridgehead atoms. The highest BCUT2D eigenvalue weighted by atomic mass is 19.1. The summed E-state index contributed by atoms with van der Waals surface area (Å²) in [5.74, 6) is -1.40. The van der Waals surface area contributed by atoms with E-state index in [1.807, 2.05) is 25.2 Å². The Morgan fingerprint density at radius 1 is 1.04 bits per heavy atom. The molecule has 122 valence electrons. The maximum Gasteiger partial charge on any atom is 0.323 e. The third-order valence-electron chi connectivity index (χ3n) is 3.54. The van der Waals surface area contributed by atoms with Gasteiger partial charge < -0.3 is 10.0 Å². The molecule has 2 aromatic rings. The van der Waals surface area contributed by atoms with E-state index in [0.717, 1.165) is 12.1 Å². The largest absolute Gasteiger partial charge is 0.480 e. The lowest BCUT2D eigenvalue weighted by molar-refractivity contribution is -0.135. The minimum atomic E-state index is -0.988. The zero-order chi connectivity index (χ0) is 16.8. The molecule has 2 rings (SSSR count). The van der Waals surface area contributed by atoms with Crippen LogP contribution in [0.15, 0.2) is 48.5 Å². The third-order valence-corrected chi connectivity index (χ3v) is 3.54. The lowest BCUT2D eigenvalue weighted by atomic mass is 10.1. The minimum absolute atomic E-state index is 0.236. The van der Waals surface area contributed by atoms with Crippen molar-refractivity contribution in [1.29, 1.82) is 0 Å². The van der Waals surface area contributed by atoms with Crippen LogP contribution in [0, 0.1) is 5.82 Å². The first kappa shape index (κ1) is 17.0. The molecule has 5 heteroatoms. The average Bonchev–Trinajstić information content (AvgIpc) is 2.49. The molecule has 0 radical (unpaired) electrons. The van der Waals surface area contributed by atoms with Crippen LogP contribution in [0.1, 0.15) is 11.1 Å². The minimum Gasteiger partial charge on any atom is -0.480 e. The lowest BCUT2D eigenvalue weighted by Gasteiger charge is -2.21. The monoisotopic (exact) mass is 316 g/mol. The number of halogens is 1. The van der Waals surface area contributed by atoms with E-state index in [4.69, 9.17) is 5.11 Å². The first-order chi connectivity index (χ1) is 11.0. The molecule has 0 atom stereocenters. The topological polar surface area (TPSA) is 43.8 Å². The van der Waals surface area contributed by atoms with Crippen molar-refractivity contribution >= 4 is 11.7 Å². The summed E-state index contributed by atoms with van der Waals surface area (Å²) >= 11 is 0. The number of carboxylic acid groups (broad SMARTS) is 1. The molecule has 0 fully saturated rings. The molecule has 0 aliphatic carbocycles. The number of hydrogen-bond donors (Lipinski definition) is 1. The Balaban J connectivity index is 2.06. The van der Waals surface area contributed by atoms with Gasteiger partial charge in [-0.15, -0.1) is 0 Å². The van der Waals surface area contributed by atoms with Crippen LogP contribution < -0.4 is 4.90 Å². The average molecular weight is 316 g/mol. The lowest BCUT2D eigenvalue weighted by Crippen LogP contribution is -2.26. The molecule has 0 amide bonds. The molecule has 0 heterocycles. The number of likely N-dealkylation sites (N-methyl/N-ethyl adjacent to an activating group) is 1. The summed E-state index contributed by atoms with van der Waals surface area (Å²) in [6.45, 7) is 1.21. The zero-order valence-electron chi connectivity index (χ0n) is 13.4. The Kier molecular flexibility index (Phi) is 5.71. The quantitative estimate of drug-likeness (QED) is 0.853. The van der Waals surface area contributed by atoms with Gasteiger partial charge in [-0.2, -0.15) is 0 Å². The summed E-state index contributed by atoms with van der Waals surface area (Å²) in [6, 6.07) is 14.9. The fourth-order valence-electron chi connectivity index (χ4n) is 2.50. The van der Waals surface area contributed by atoms with E-state index in [2.05, 4.69) is 17.0 Å². The van der Waals surface area contributed by atoms with Gasteiger partial charge in [0.25, 0.3) is 0 Å². The van der Waals surface area contributed by atoms with Gasteiger partial charge >= 0.3 is 5.97 Å². The van der Waals surface area contributed by atoms with Crippen LogP contribution in [-0.4, -0.2) is 36.6 Å². The number of aliphatic carboxylic acids is 1. The van der Waals surface area contributed by atoms with Gasteiger partial charge in [-0.1, -0.05) is 36.4 Å². The summed E-state index contributed by atoms with van der Waals surface area (Å²) in [6.07, 6.45) is 0. The second-order valence-corrected chi connectivity index (χ2v) is 5.69. The molecule has 0 saturated heterocycles. The van der Waals surface area contributed by atoms with E-state index in [1.165, 1.54) is 16.5 Å². The zero-order valence-corrected chi connectivity index (χ0v) is 13.4. The van der Waals surface area contributed by atoms with Gasteiger partial charge in [0.1, 0.15) is 12.4 Å². The number of carboxylic acids is 1. The van der Waals surface area contributed by atoms with E-state index < -0.39 is 11.8 Å². The highest BCUT2D eigenvalue weighted by molar-refractivity contribution is 5.73. The van der Waals surface area contributed by atoms with Gasteiger partial charge in [-0.25, -0.2) is 4.39 Å². The standard InChI is InChI=1S/C18H21FN2O2/c1-20(11-14-6-4-3-5-7-14)12-15-8-9-16(19)17(10-15)21(2)13-18(22)23/h3-10H,11-13H2,1-2H3,(H,22,23). The Hall–Kier alpha value is -2.40. The van der Waals surface area contributed by atoms with Gasteiger partial charge in [-0.3, -0.25) is 9.69 Å². The van der Waals surface area contributed by atoms with Crippen LogP contribution in [0.5, 0.6) is 0 Å². The molecule has 0 spiro atoms. The number of hydrogen-bond acceptors (Lipinski definition) is 3. The Morgan fingerprint density at radius 3 is 2.35 bits per heavy atom. The maximum atomic E-state index is 13.9. The second-order valence-electron chi connectivity index (χ2n) is 5.69. The molecule has 0 aliphatic heterocycles. The van der Waals surface area contributed by atoms with Crippen molar-refractivity contribution in [3.8, 4) is 0 Å². The normalized spacial score (nSPS) is 10.8. The van der Waals surface area contributed by atoms with Crippen LogP contribution in [0.4, 0.5) is 10.1 Å². The van der Waals surface area contributed by atoms with E-state index in [-0.39, 0.29) is 6.54 Å². The molecule has 0 aromatic heterocycles. The van der Waals surface area contributed by atoms with Crippen molar-refractivity contribution in [3.63, 3.8) is 0 Å². The molecular weight excluding hydrogens is 295 g/mol. The predicted octanol–water partition coefficient (Wildman–Crippen LogP) is 2.98.